The summed E-state index contributed by atoms with van der Waals surface area (Å²) in [6, 6.07) is 9.92. The average molecular weight is 421 g/mol. The molecule has 1 aromatic carbocycles. The largest absolute Gasteiger partial charge is 0.351 e. The Morgan fingerprint density at radius 1 is 1.03 bits per heavy atom. The zero-order chi connectivity index (χ0) is 21.2. The smallest absolute Gasteiger partial charge is 0.225 e. The molecule has 1 amide bonds. The molecule has 2 aliphatic rings. The Bertz CT molecular complexity index is 1050. The van der Waals surface area contributed by atoms with E-state index in [-0.39, 0.29) is 12.0 Å². The molecule has 0 atom stereocenters. The number of piperazine rings is 1. The second-order valence-electron chi connectivity index (χ2n) is 8.55. The van der Waals surface area contributed by atoms with Gasteiger partial charge in [0.2, 0.25) is 11.9 Å². The summed E-state index contributed by atoms with van der Waals surface area (Å²) in [5.41, 5.74) is 1.74. The van der Waals surface area contributed by atoms with Crippen LogP contribution in [0.5, 0.6) is 0 Å². The van der Waals surface area contributed by atoms with Gasteiger partial charge in [-0.2, -0.15) is 9.67 Å². The molecule has 1 aliphatic carbocycles. The van der Waals surface area contributed by atoms with Gasteiger partial charge < -0.3 is 15.1 Å². The number of anilines is 1. The monoisotopic (exact) mass is 420 g/mol. The minimum atomic E-state index is 0.148. The molecule has 1 saturated carbocycles. The Balaban J connectivity index is 1.20. The van der Waals surface area contributed by atoms with Gasteiger partial charge in [-0.25, -0.2) is 4.98 Å². The number of carbonyl (C=O) groups excluding carboxylic acids is 1. The van der Waals surface area contributed by atoms with E-state index in [4.69, 9.17) is 0 Å². The van der Waals surface area contributed by atoms with Crippen molar-refractivity contribution in [2.45, 2.75) is 31.7 Å². The van der Waals surface area contributed by atoms with Crippen LogP contribution in [0.3, 0.4) is 0 Å². The molecule has 0 spiro atoms. The number of rotatable bonds is 4. The van der Waals surface area contributed by atoms with Crippen molar-refractivity contribution in [1.82, 2.24) is 34.8 Å². The standard InChI is InChI=1S/C22H28N8O/c1-28-12-14-29(15-13-28)21(31)16-6-8-17(9-7-16)24-22-23-11-10-20(25-22)30-19-5-3-2-4-18(19)26-27-30/h2-5,10-11,16-17H,6-9,12-15H2,1H3,(H,23,24,25). The molecule has 0 bridgehead atoms. The number of para-hydroxylation sites is 1. The SMILES string of the molecule is CN1CCN(C(=O)C2CCC(Nc3nccc(-n4nnc5ccccc54)n3)CC2)CC1. The lowest BCUT2D eigenvalue weighted by atomic mass is 9.85. The van der Waals surface area contributed by atoms with E-state index in [0.29, 0.717) is 17.7 Å². The minimum Gasteiger partial charge on any atom is -0.351 e. The van der Waals surface area contributed by atoms with Crippen LogP contribution in [0.1, 0.15) is 25.7 Å². The molecule has 2 aromatic heterocycles. The maximum Gasteiger partial charge on any atom is 0.225 e. The number of benzene rings is 1. The lowest BCUT2D eigenvalue weighted by molar-refractivity contribution is -0.138. The highest BCUT2D eigenvalue weighted by Gasteiger charge is 2.30. The summed E-state index contributed by atoms with van der Waals surface area (Å²) >= 11 is 0. The first-order valence-corrected chi connectivity index (χ1v) is 11.0. The molecule has 2 fully saturated rings. The van der Waals surface area contributed by atoms with Crippen LogP contribution in [-0.2, 0) is 4.79 Å². The number of nitrogens with one attached hydrogen (secondary N) is 1. The summed E-state index contributed by atoms with van der Waals surface area (Å²) in [7, 11) is 2.11. The first-order chi connectivity index (χ1) is 15.2. The molecule has 0 radical (unpaired) electrons. The highest BCUT2D eigenvalue weighted by atomic mass is 16.2. The van der Waals surface area contributed by atoms with Gasteiger partial charge in [0.05, 0.1) is 5.52 Å². The topological polar surface area (TPSA) is 92.1 Å². The van der Waals surface area contributed by atoms with Crippen molar-refractivity contribution in [3.63, 3.8) is 0 Å². The summed E-state index contributed by atoms with van der Waals surface area (Å²) < 4.78 is 1.73. The van der Waals surface area contributed by atoms with Crippen LogP contribution in [0.15, 0.2) is 36.5 Å². The maximum absolute atomic E-state index is 12.9. The summed E-state index contributed by atoms with van der Waals surface area (Å²) in [5.74, 6) is 1.76. The molecule has 3 aromatic rings. The molecule has 162 valence electrons. The van der Waals surface area contributed by atoms with Crippen LogP contribution < -0.4 is 5.32 Å². The molecular weight excluding hydrogens is 392 g/mol. The summed E-state index contributed by atoms with van der Waals surface area (Å²) in [6.07, 6.45) is 5.46. The number of likely N-dealkylation sites (N-methyl/N-ethyl adjacent to an activating group) is 1. The van der Waals surface area contributed by atoms with Crippen LogP contribution in [0, 0.1) is 5.92 Å². The number of fused-ring (bicyclic) bond motifs is 1. The van der Waals surface area contributed by atoms with Gasteiger partial charge in [0.15, 0.2) is 5.82 Å². The van der Waals surface area contributed by atoms with E-state index < -0.39 is 0 Å². The lowest BCUT2D eigenvalue weighted by Gasteiger charge is -2.36. The fourth-order valence-corrected chi connectivity index (χ4v) is 4.53. The zero-order valence-corrected chi connectivity index (χ0v) is 17.8. The van der Waals surface area contributed by atoms with E-state index in [0.717, 1.165) is 62.9 Å². The molecule has 1 saturated heterocycles. The Morgan fingerprint density at radius 3 is 2.61 bits per heavy atom. The third-order valence-electron chi connectivity index (χ3n) is 6.43. The predicted molar refractivity (Wildman–Crippen MR) is 118 cm³/mol. The van der Waals surface area contributed by atoms with Crippen molar-refractivity contribution in [3.8, 4) is 5.82 Å². The van der Waals surface area contributed by atoms with E-state index in [1.165, 1.54) is 0 Å². The number of nitrogens with zero attached hydrogens (tertiary/aromatic N) is 7. The van der Waals surface area contributed by atoms with Crippen molar-refractivity contribution < 1.29 is 4.79 Å². The summed E-state index contributed by atoms with van der Waals surface area (Å²) in [5, 5.41) is 11.9. The molecule has 9 heteroatoms. The van der Waals surface area contributed by atoms with Crippen molar-refractivity contribution in [2.24, 2.45) is 5.92 Å². The Kier molecular flexibility index (Phi) is 5.50. The van der Waals surface area contributed by atoms with Crippen LogP contribution in [0.2, 0.25) is 0 Å². The maximum atomic E-state index is 12.9. The molecule has 31 heavy (non-hydrogen) atoms. The lowest BCUT2D eigenvalue weighted by Crippen LogP contribution is -2.49. The zero-order valence-electron chi connectivity index (χ0n) is 17.8. The Labute approximate surface area is 181 Å². The van der Waals surface area contributed by atoms with Crippen molar-refractivity contribution >= 4 is 22.9 Å². The molecule has 0 unspecified atom stereocenters. The van der Waals surface area contributed by atoms with Gasteiger partial charge in [0, 0.05) is 50.4 Å². The van der Waals surface area contributed by atoms with Crippen LogP contribution >= 0.6 is 0 Å². The number of aromatic nitrogens is 5. The molecule has 9 nitrogen and oxygen atoms in total. The number of carbonyl (C=O) groups is 1. The molecular formula is C22H28N8O. The summed E-state index contributed by atoms with van der Waals surface area (Å²) in [4.78, 5) is 26.2. The molecule has 3 heterocycles. The second kappa shape index (κ2) is 8.58. The Hall–Kier alpha value is -3.07. The van der Waals surface area contributed by atoms with E-state index in [1.807, 2.05) is 35.2 Å². The van der Waals surface area contributed by atoms with E-state index in [2.05, 4.69) is 37.5 Å². The number of amides is 1. The molecule has 1 aliphatic heterocycles. The van der Waals surface area contributed by atoms with Gasteiger partial charge in [-0.1, -0.05) is 17.3 Å². The highest BCUT2D eigenvalue weighted by molar-refractivity contribution is 5.79. The van der Waals surface area contributed by atoms with E-state index in [1.54, 1.807) is 10.9 Å². The Morgan fingerprint density at radius 2 is 1.81 bits per heavy atom. The van der Waals surface area contributed by atoms with Gasteiger partial charge >= 0.3 is 0 Å². The van der Waals surface area contributed by atoms with Crippen molar-refractivity contribution in [2.75, 3.05) is 38.5 Å². The predicted octanol–water partition coefficient (Wildman–Crippen LogP) is 1.96. The summed E-state index contributed by atoms with van der Waals surface area (Å²) in [6.45, 7) is 3.64. The fraction of sp³-hybridized carbons (Fsp3) is 0.500. The van der Waals surface area contributed by atoms with E-state index in [9.17, 15) is 4.79 Å². The molecule has 5 rings (SSSR count). The number of hydrogen-bond acceptors (Lipinski definition) is 7. The van der Waals surface area contributed by atoms with Gasteiger partial charge in [0.25, 0.3) is 0 Å². The number of hydrogen-bond donors (Lipinski definition) is 1. The van der Waals surface area contributed by atoms with Crippen molar-refractivity contribution in [1.29, 1.82) is 0 Å². The third kappa shape index (κ3) is 4.23. The first-order valence-electron chi connectivity index (χ1n) is 11.0. The fourth-order valence-electron chi connectivity index (χ4n) is 4.53. The minimum absolute atomic E-state index is 0.148. The quantitative estimate of drug-likeness (QED) is 0.690. The average Bonchev–Trinajstić information content (AvgIpc) is 3.24. The van der Waals surface area contributed by atoms with Crippen molar-refractivity contribution in [3.05, 3.63) is 36.5 Å². The van der Waals surface area contributed by atoms with Gasteiger partial charge in [-0.3, -0.25) is 4.79 Å². The first kappa shape index (κ1) is 19.9. The molecule has 1 N–H and O–H groups in total. The van der Waals surface area contributed by atoms with Crippen LogP contribution in [0.4, 0.5) is 5.95 Å². The van der Waals surface area contributed by atoms with Crippen LogP contribution in [0.25, 0.3) is 16.9 Å². The van der Waals surface area contributed by atoms with Gasteiger partial charge in [0.1, 0.15) is 5.52 Å². The van der Waals surface area contributed by atoms with Crippen LogP contribution in [-0.4, -0.2) is 79.9 Å². The third-order valence-corrected chi connectivity index (χ3v) is 6.43. The second-order valence-corrected chi connectivity index (χ2v) is 8.55. The van der Waals surface area contributed by atoms with Gasteiger partial charge in [-0.15, -0.1) is 5.10 Å². The van der Waals surface area contributed by atoms with E-state index >= 15 is 0 Å². The van der Waals surface area contributed by atoms with Gasteiger partial charge in [-0.05, 0) is 44.9 Å². The normalized spacial score (nSPS) is 22.5. The highest BCUT2D eigenvalue weighted by Crippen LogP contribution is 2.28.